The maximum absolute atomic E-state index is 14.4. The number of halogens is 1. The predicted octanol–water partition coefficient (Wildman–Crippen LogP) is 8.45. The van der Waals surface area contributed by atoms with E-state index >= 15 is 0 Å². The molecule has 1 aromatic rings. The van der Waals surface area contributed by atoms with Crippen LogP contribution in [0.5, 0.6) is 5.75 Å². The molecule has 0 N–H and O–H groups in total. The van der Waals surface area contributed by atoms with Gasteiger partial charge in [0.2, 0.25) is 0 Å². The van der Waals surface area contributed by atoms with Crippen LogP contribution in [0.15, 0.2) is 42.5 Å². The maximum atomic E-state index is 14.4. The van der Waals surface area contributed by atoms with E-state index in [9.17, 15) is 9.18 Å². The van der Waals surface area contributed by atoms with E-state index in [1.807, 2.05) is 19.1 Å². The lowest BCUT2D eigenvalue weighted by atomic mass is 9.61. The molecule has 3 aliphatic carbocycles. The number of benzene rings is 1. The van der Waals surface area contributed by atoms with Gasteiger partial charge in [-0.05, 0) is 132 Å². The summed E-state index contributed by atoms with van der Waals surface area (Å²) < 4.78 is 20.0. The molecule has 3 fully saturated rings. The van der Waals surface area contributed by atoms with Gasteiger partial charge in [-0.2, -0.15) is 0 Å². The molecule has 4 rings (SSSR count). The molecule has 0 heterocycles. The van der Waals surface area contributed by atoms with Crippen molar-refractivity contribution in [2.24, 2.45) is 35.5 Å². The van der Waals surface area contributed by atoms with E-state index in [1.54, 1.807) is 12.1 Å². The molecule has 0 aromatic heterocycles. The molecule has 3 heteroatoms. The number of carbonyl (C=O) groups is 1. The van der Waals surface area contributed by atoms with Crippen molar-refractivity contribution in [3.8, 4) is 5.75 Å². The monoisotopic (exact) mass is 466 g/mol. The van der Waals surface area contributed by atoms with Gasteiger partial charge in [-0.1, -0.05) is 30.4 Å². The lowest BCUT2D eigenvalue weighted by molar-refractivity contribution is -0.140. The second kappa shape index (κ2) is 12.2. The summed E-state index contributed by atoms with van der Waals surface area (Å²) in [6.45, 7) is 4.12. The minimum atomic E-state index is -0.283. The normalized spacial score (nSPS) is 32.1. The fourth-order valence-electron chi connectivity index (χ4n) is 7.06. The molecule has 34 heavy (non-hydrogen) atoms. The van der Waals surface area contributed by atoms with Crippen molar-refractivity contribution in [1.82, 2.24) is 0 Å². The molecule has 0 radical (unpaired) electrons. The van der Waals surface area contributed by atoms with E-state index < -0.39 is 0 Å². The first-order valence-corrected chi connectivity index (χ1v) is 13.8. The molecule has 2 nitrogen and oxygen atoms in total. The molecule has 1 aromatic carbocycles. The molecule has 186 valence electrons. The van der Waals surface area contributed by atoms with Crippen molar-refractivity contribution in [1.29, 1.82) is 0 Å². The van der Waals surface area contributed by atoms with E-state index in [1.165, 1.54) is 44.6 Å². The van der Waals surface area contributed by atoms with E-state index in [0.29, 0.717) is 17.7 Å². The molecule has 0 bridgehead atoms. The Morgan fingerprint density at radius 2 is 1.59 bits per heavy atom. The minimum Gasteiger partial charge on any atom is -0.426 e. The number of rotatable bonds is 7. The smallest absolute Gasteiger partial charge is 0.314 e. The summed E-state index contributed by atoms with van der Waals surface area (Å²) in [5, 5.41) is 0. The van der Waals surface area contributed by atoms with Crippen LogP contribution in [0.4, 0.5) is 4.39 Å². The number of esters is 1. The van der Waals surface area contributed by atoms with E-state index in [4.69, 9.17) is 4.74 Å². The molecule has 0 aliphatic heterocycles. The van der Waals surface area contributed by atoms with Gasteiger partial charge in [0.25, 0.3) is 0 Å². The average Bonchev–Trinajstić information content (AvgIpc) is 2.85. The SMILES string of the molecule is C/C=C/CCc1ccc(OC(=O)C2CCC(C3CCC4CC(/C=C/C)CCC4C3)CC2)cc1F. The summed E-state index contributed by atoms with van der Waals surface area (Å²) in [5.74, 6) is 4.14. The van der Waals surface area contributed by atoms with Crippen LogP contribution < -0.4 is 4.74 Å². The summed E-state index contributed by atoms with van der Waals surface area (Å²) in [5.41, 5.74) is 0.670. The molecule has 0 spiro atoms. The highest BCUT2D eigenvalue weighted by Gasteiger charge is 2.39. The summed E-state index contributed by atoms with van der Waals surface area (Å²) in [4.78, 5) is 12.8. The third-order valence-corrected chi connectivity index (χ3v) is 8.99. The molecule has 4 unspecified atom stereocenters. The van der Waals surface area contributed by atoms with Crippen molar-refractivity contribution in [3.05, 3.63) is 53.9 Å². The second-order valence-electron chi connectivity index (χ2n) is 11.1. The van der Waals surface area contributed by atoms with Gasteiger partial charge in [0.15, 0.2) is 0 Å². The Hall–Kier alpha value is -1.90. The van der Waals surface area contributed by atoms with Gasteiger partial charge < -0.3 is 4.74 Å². The lowest BCUT2D eigenvalue weighted by Gasteiger charge is -2.45. The van der Waals surface area contributed by atoms with Gasteiger partial charge in [0, 0.05) is 6.07 Å². The van der Waals surface area contributed by atoms with Crippen LogP contribution in [0.2, 0.25) is 0 Å². The lowest BCUT2D eigenvalue weighted by Crippen LogP contribution is -2.35. The van der Waals surface area contributed by atoms with Gasteiger partial charge >= 0.3 is 5.97 Å². The number of fused-ring (bicyclic) bond motifs is 1. The van der Waals surface area contributed by atoms with Crippen molar-refractivity contribution < 1.29 is 13.9 Å². The highest BCUT2D eigenvalue weighted by molar-refractivity contribution is 5.75. The van der Waals surface area contributed by atoms with Gasteiger partial charge in [-0.3, -0.25) is 4.79 Å². The first kappa shape index (κ1) is 25.2. The Morgan fingerprint density at radius 3 is 2.29 bits per heavy atom. The number of aryl methyl sites for hydroxylation is 1. The predicted molar refractivity (Wildman–Crippen MR) is 137 cm³/mol. The first-order valence-electron chi connectivity index (χ1n) is 13.8. The van der Waals surface area contributed by atoms with Crippen LogP contribution in [-0.2, 0) is 11.2 Å². The van der Waals surface area contributed by atoms with Crippen LogP contribution in [-0.4, -0.2) is 5.97 Å². The summed E-state index contributed by atoms with van der Waals surface area (Å²) in [6.07, 6.45) is 22.6. The van der Waals surface area contributed by atoms with Crippen LogP contribution in [0, 0.1) is 41.3 Å². The van der Waals surface area contributed by atoms with Gasteiger partial charge in [-0.25, -0.2) is 4.39 Å². The van der Waals surface area contributed by atoms with E-state index in [2.05, 4.69) is 19.1 Å². The molecular formula is C31H43FO2. The Kier molecular flexibility index (Phi) is 9.03. The molecule has 3 aliphatic rings. The van der Waals surface area contributed by atoms with Crippen molar-refractivity contribution >= 4 is 5.97 Å². The Bertz CT molecular complexity index is 864. The summed E-state index contributed by atoms with van der Waals surface area (Å²) in [6, 6.07) is 4.86. The third-order valence-electron chi connectivity index (χ3n) is 8.99. The van der Waals surface area contributed by atoms with Crippen molar-refractivity contribution in [3.63, 3.8) is 0 Å². The minimum absolute atomic E-state index is 0.0405. The Labute approximate surface area is 206 Å². The third kappa shape index (κ3) is 6.40. The van der Waals surface area contributed by atoms with Gasteiger partial charge in [0.05, 0.1) is 5.92 Å². The fourth-order valence-corrected chi connectivity index (χ4v) is 7.06. The Balaban J connectivity index is 1.22. The Morgan fingerprint density at radius 1 is 0.912 bits per heavy atom. The highest BCUT2D eigenvalue weighted by atomic mass is 19.1. The van der Waals surface area contributed by atoms with Gasteiger partial charge in [-0.15, -0.1) is 0 Å². The fraction of sp³-hybridized carbons (Fsp3) is 0.645. The van der Waals surface area contributed by atoms with Crippen LogP contribution in [0.3, 0.4) is 0 Å². The van der Waals surface area contributed by atoms with Crippen molar-refractivity contribution in [2.75, 3.05) is 0 Å². The zero-order valence-corrected chi connectivity index (χ0v) is 21.2. The van der Waals surface area contributed by atoms with Gasteiger partial charge in [0.1, 0.15) is 11.6 Å². The zero-order chi connectivity index (χ0) is 23.9. The molecule has 0 saturated heterocycles. The van der Waals surface area contributed by atoms with E-state index in [-0.39, 0.29) is 17.7 Å². The largest absolute Gasteiger partial charge is 0.426 e. The number of hydrogen-bond donors (Lipinski definition) is 0. The molecular weight excluding hydrogens is 423 g/mol. The highest BCUT2D eigenvalue weighted by Crippen LogP contribution is 2.49. The summed E-state index contributed by atoms with van der Waals surface area (Å²) in [7, 11) is 0. The molecule has 3 saturated carbocycles. The maximum Gasteiger partial charge on any atom is 0.314 e. The van der Waals surface area contributed by atoms with Crippen LogP contribution in [0.25, 0.3) is 0 Å². The molecule has 4 atom stereocenters. The summed E-state index contributed by atoms with van der Waals surface area (Å²) >= 11 is 0. The van der Waals surface area contributed by atoms with Crippen LogP contribution in [0.1, 0.15) is 90.0 Å². The van der Waals surface area contributed by atoms with E-state index in [0.717, 1.165) is 61.7 Å². The van der Waals surface area contributed by atoms with Crippen molar-refractivity contribution in [2.45, 2.75) is 90.9 Å². The number of allylic oxidation sites excluding steroid dienone is 4. The topological polar surface area (TPSA) is 26.3 Å². The molecule has 0 amide bonds. The average molecular weight is 467 g/mol. The quantitative estimate of drug-likeness (QED) is 0.229. The first-order chi connectivity index (χ1) is 16.6. The number of carbonyl (C=O) groups excluding carboxylic acids is 1. The standard InChI is InChI=1S/C31H43FO2/c1-3-5-6-8-24-17-18-29(21-30(24)32)34-31(33)25-13-11-23(12-14-25)27-16-15-26-19-22(7-4-2)9-10-28(26)20-27/h3-5,7,17-18,21-23,25-28H,6,8-16,19-20H2,1-2H3/b5-3+,7-4+. The van der Waals surface area contributed by atoms with Crippen LogP contribution >= 0.6 is 0 Å². The second-order valence-corrected chi connectivity index (χ2v) is 11.1. The number of hydrogen-bond acceptors (Lipinski definition) is 2. The number of ether oxygens (including phenoxy) is 1. The zero-order valence-electron chi connectivity index (χ0n) is 21.2.